The van der Waals surface area contributed by atoms with Gasteiger partial charge >= 0.3 is 6.18 Å². The van der Waals surface area contributed by atoms with Crippen molar-refractivity contribution in [3.8, 4) is 0 Å². The Morgan fingerprint density at radius 3 is 2.55 bits per heavy atom. The Morgan fingerprint density at radius 1 is 1.14 bits per heavy atom. The number of hydrogen-bond donors (Lipinski definition) is 1. The van der Waals surface area contributed by atoms with Gasteiger partial charge in [0.2, 0.25) is 10.0 Å². The number of alkyl halides is 3. The van der Waals surface area contributed by atoms with Crippen LogP contribution >= 0.6 is 11.3 Å². The highest BCUT2D eigenvalue weighted by molar-refractivity contribution is 7.88. The predicted molar refractivity (Wildman–Crippen MR) is 80.1 cm³/mol. The van der Waals surface area contributed by atoms with Crippen LogP contribution in [0.15, 0.2) is 41.1 Å². The summed E-state index contributed by atoms with van der Waals surface area (Å²) in [5.74, 6) is -0.126. The lowest BCUT2D eigenvalue weighted by Gasteiger charge is -2.09. The van der Waals surface area contributed by atoms with E-state index in [0.717, 1.165) is 12.1 Å². The first kappa shape index (κ1) is 17.0. The Kier molecular flexibility index (Phi) is 5.25. The van der Waals surface area contributed by atoms with Gasteiger partial charge in [-0.05, 0) is 40.4 Å². The van der Waals surface area contributed by atoms with Gasteiger partial charge in [-0.2, -0.15) is 24.5 Å². The summed E-state index contributed by atoms with van der Waals surface area (Å²) in [6.07, 6.45) is -4.19. The molecule has 8 heteroatoms. The van der Waals surface area contributed by atoms with Crippen LogP contribution in [0.5, 0.6) is 0 Å². The smallest absolute Gasteiger partial charge is 0.215 e. The lowest BCUT2D eigenvalue weighted by molar-refractivity contribution is -0.137. The molecule has 0 aliphatic carbocycles. The van der Waals surface area contributed by atoms with Crippen LogP contribution in [0, 0.1) is 0 Å². The summed E-state index contributed by atoms with van der Waals surface area (Å²) >= 11 is 1.41. The van der Waals surface area contributed by atoms with Crippen molar-refractivity contribution < 1.29 is 21.6 Å². The summed E-state index contributed by atoms with van der Waals surface area (Å²) in [6, 6.07) is 6.61. The first-order valence-corrected chi connectivity index (χ1v) is 9.00. The molecule has 3 nitrogen and oxygen atoms in total. The van der Waals surface area contributed by atoms with Crippen LogP contribution in [0.4, 0.5) is 13.2 Å². The minimum atomic E-state index is -4.39. The second-order valence-corrected chi connectivity index (χ2v) is 7.32. The zero-order valence-corrected chi connectivity index (χ0v) is 13.1. The van der Waals surface area contributed by atoms with Gasteiger partial charge in [-0.3, -0.25) is 0 Å². The Bertz CT molecular complexity index is 710. The normalized spacial score (nSPS) is 12.5. The molecule has 0 amide bonds. The summed E-state index contributed by atoms with van der Waals surface area (Å²) in [4.78, 5) is 0. The molecule has 0 radical (unpaired) electrons. The molecule has 0 fully saturated rings. The molecule has 1 aromatic heterocycles. The van der Waals surface area contributed by atoms with E-state index in [1.54, 1.807) is 22.9 Å². The number of benzene rings is 1. The van der Waals surface area contributed by atoms with Gasteiger partial charge in [0.15, 0.2) is 0 Å². The molecule has 0 unspecified atom stereocenters. The molecule has 120 valence electrons. The van der Waals surface area contributed by atoms with Crippen LogP contribution in [0.25, 0.3) is 0 Å². The van der Waals surface area contributed by atoms with Gasteiger partial charge < -0.3 is 0 Å². The molecule has 0 aliphatic heterocycles. The summed E-state index contributed by atoms with van der Waals surface area (Å²) in [6.45, 7) is 0.0633. The molecule has 2 rings (SSSR count). The summed E-state index contributed by atoms with van der Waals surface area (Å²) in [7, 11) is -3.48. The number of thiophene rings is 1. The van der Waals surface area contributed by atoms with Crippen LogP contribution < -0.4 is 4.72 Å². The molecular weight excluding hydrogens is 335 g/mol. The average Bonchev–Trinajstić information content (AvgIpc) is 2.90. The molecule has 1 heterocycles. The van der Waals surface area contributed by atoms with E-state index >= 15 is 0 Å². The van der Waals surface area contributed by atoms with E-state index in [1.165, 1.54) is 17.4 Å². The van der Waals surface area contributed by atoms with E-state index < -0.39 is 21.8 Å². The van der Waals surface area contributed by atoms with Crippen molar-refractivity contribution in [2.24, 2.45) is 0 Å². The van der Waals surface area contributed by atoms with Crippen LogP contribution in [-0.2, 0) is 28.4 Å². The van der Waals surface area contributed by atoms with Crippen molar-refractivity contribution in [2.75, 3.05) is 6.54 Å². The van der Waals surface area contributed by atoms with Gasteiger partial charge in [0, 0.05) is 6.54 Å². The molecule has 22 heavy (non-hydrogen) atoms. The number of hydrogen-bond acceptors (Lipinski definition) is 3. The molecule has 0 aliphatic rings. The summed E-state index contributed by atoms with van der Waals surface area (Å²) in [5.41, 5.74) is 0.399. The van der Waals surface area contributed by atoms with E-state index in [4.69, 9.17) is 0 Å². The Labute approximate surface area is 130 Å². The Morgan fingerprint density at radius 2 is 1.91 bits per heavy atom. The minimum Gasteiger partial charge on any atom is -0.215 e. The zero-order valence-electron chi connectivity index (χ0n) is 11.4. The highest BCUT2D eigenvalue weighted by Crippen LogP contribution is 2.29. The van der Waals surface area contributed by atoms with Crippen LogP contribution in [0.2, 0.25) is 0 Å². The SMILES string of the molecule is O=S(=O)(Cc1ccsc1)NCCc1cccc(C(F)(F)F)c1. The van der Waals surface area contributed by atoms with Crippen LogP contribution in [-0.4, -0.2) is 15.0 Å². The molecule has 0 bridgehead atoms. The maximum Gasteiger partial charge on any atom is 0.416 e. The average molecular weight is 349 g/mol. The Balaban J connectivity index is 1.91. The molecule has 0 spiro atoms. The third-order valence-corrected chi connectivity index (χ3v) is 5.02. The van der Waals surface area contributed by atoms with Crippen LogP contribution in [0.3, 0.4) is 0 Å². The van der Waals surface area contributed by atoms with E-state index in [1.807, 2.05) is 0 Å². The fourth-order valence-corrected chi connectivity index (χ4v) is 3.81. The van der Waals surface area contributed by atoms with E-state index in [2.05, 4.69) is 4.72 Å². The number of sulfonamides is 1. The molecule has 0 saturated carbocycles. The quantitative estimate of drug-likeness (QED) is 0.868. The van der Waals surface area contributed by atoms with Crippen molar-refractivity contribution >= 4 is 21.4 Å². The van der Waals surface area contributed by atoms with Gasteiger partial charge in [0.1, 0.15) is 0 Å². The van der Waals surface area contributed by atoms with Crippen molar-refractivity contribution in [3.05, 3.63) is 57.8 Å². The lowest BCUT2D eigenvalue weighted by Crippen LogP contribution is -2.27. The van der Waals surface area contributed by atoms with E-state index in [9.17, 15) is 21.6 Å². The minimum absolute atomic E-state index is 0.0633. The second kappa shape index (κ2) is 6.80. The fraction of sp³-hybridized carbons (Fsp3) is 0.286. The summed E-state index contributed by atoms with van der Waals surface area (Å²) in [5, 5.41) is 3.53. The molecule has 0 saturated heterocycles. The van der Waals surface area contributed by atoms with Gasteiger partial charge in [0.25, 0.3) is 0 Å². The van der Waals surface area contributed by atoms with Crippen molar-refractivity contribution in [1.82, 2.24) is 4.72 Å². The van der Waals surface area contributed by atoms with Gasteiger partial charge in [0.05, 0.1) is 11.3 Å². The van der Waals surface area contributed by atoms with Gasteiger partial charge in [-0.25, -0.2) is 13.1 Å². The number of rotatable bonds is 6. The van der Waals surface area contributed by atoms with E-state index in [-0.39, 0.29) is 18.7 Å². The van der Waals surface area contributed by atoms with Gasteiger partial charge in [-0.15, -0.1) is 0 Å². The largest absolute Gasteiger partial charge is 0.416 e. The molecular formula is C14H14F3NO2S2. The zero-order chi connectivity index (χ0) is 16.2. The van der Waals surface area contributed by atoms with Crippen molar-refractivity contribution in [2.45, 2.75) is 18.3 Å². The molecule has 2 aromatic rings. The molecule has 0 atom stereocenters. The van der Waals surface area contributed by atoms with Crippen molar-refractivity contribution in [1.29, 1.82) is 0 Å². The third-order valence-electron chi connectivity index (χ3n) is 2.93. The monoisotopic (exact) mass is 349 g/mol. The third kappa shape index (κ3) is 5.11. The first-order valence-electron chi connectivity index (χ1n) is 6.41. The first-order chi connectivity index (χ1) is 10.3. The maximum absolute atomic E-state index is 12.6. The van der Waals surface area contributed by atoms with Crippen molar-refractivity contribution in [3.63, 3.8) is 0 Å². The lowest BCUT2D eigenvalue weighted by atomic mass is 10.1. The van der Waals surface area contributed by atoms with Gasteiger partial charge in [-0.1, -0.05) is 18.2 Å². The molecule has 1 N–H and O–H groups in total. The second-order valence-electron chi connectivity index (χ2n) is 4.73. The topological polar surface area (TPSA) is 46.2 Å². The van der Waals surface area contributed by atoms with E-state index in [0.29, 0.717) is 11.1 Å². The fourth-order valence-electron chi connectivity index (χ4n) is 1.90. The Hall–Kier alpha value is -1.38. The number of nitrogens with one attached hydrogen (secondary N) is 1. The standard InChI is InChI=1S/C14H14F3NO2S2/c15-14(16,17)13-3-1-2-11(8-13)4-6-18-22(19,20)10-12-5-7-21-9-12/h1-3,5,7-9,18H,4,6,10H2. The maximum atomic E-state index is 12.6. The highest BCUT2D eigenvalue weighted by Gasteiger charge is 2.30. The van der Waals surface area contributed by atoms with Crippen LogP contribution in [0.1, 0.15) is 16.7 Å². The predicted octanol–water partition coefficient (Wildman–Crippen LogP) is 3.43. The molecule has 1 aromatic carbocycles. The number of halogens is 3. The summed E-state index contributed by atoms with van der Waals surface area (Å²) < 4.78 is 63.8. The highest BCUT2D eigenvalue weighted by atomic mass is 32.2.